The lowest BCUT2D eigenvalue weighted by molar-refractivity contribution is -0.134. The zero-order chi connectivity index (χ0) is 14.4. The minimum atomic E-state index is -0.769. The molecule has 0 radical (unpaired) electrons. The van der Waals surface area contributed by atoms with Crippen molar-refractivity contribution >= 4 is 17.7 Å². The average Bonchev–Trinajstić information content (AvgIpc) is 2.39. The van der Waals surface area contributed by atoms with Crippen LogP contribution in [0.5, 0.6) is 5.75 Å². The summed E-state index contributed by atoms with van der Waals surface area (Å²) in [7, 11) is 2.49. The number of nitrogens with zero attached hydrogens (tertiary/aromatic N) is 1. The molecule has 0 N–H and O–H groups in total. The molecule has 1 rings (SSSR count). The highest BCUT2D eigenvalue weighted by Gasteiger charge is 2.17. The van der Waals surface area contributed by atoms with Crippen molar-refractivity contribution in [1.29, 1.82) is 0 Å². The zero-order valence-corrected chi connectivity index (χ0v) is 11.2. The van der Waals surface area contributed by atoms with E-state index in [1.54, 1.807) is 19.1 Å². The van der Waals surface area contributed by atoms with Crippen molar-refractivity contribution in [3.63, 3.8) is 0 Å². The Labute approximate surface area is 110 Å². The van der Waals surface area contributed by atoms with Crippen molar-refractivity contribution in [2.45, 2.75) is 13.8 Å². The normalized spacial score (nSPS) is 10.8. The smallest absolute Gasteiger partial charge is 0.397 e. The van der Waals surface area contributed by atoms with Crippen LogP contribution in [0.25, 0.3) is 0 Å². The molecule has 0 heterocycles. The first-order valence-electron chi connectivity index (χ1n) is 5.48. The van der Waals surface area contributed by atoms with E-state index < -0.39 is 5.97 Å². The summed E-state index contributed by atoms with van der Waals surface area (Å²) >= 11 is 0. The van der Waals surface area contributed by atoms with E-state index in [1.807, 2.05) is 0 Å². The Morgan fingerprint density at radius 1 is 1.21 bits per heavy atom. The number of rotatable bonds is 3. The molecule has 0 aliphatic carbocycles. The first kappa shape index (κ1) is 14.7. The zero-order valence-electron chi connectivity index (χ0n) is 11.2. The maximum absolute atomic E-state index is 11.4. The molecular formula is C13H15NO5. The molecule has 6 heteroatoms. The lowest BCUT2D eigenvalue weighted by Crippen LogP contribution is -2.23. The summed E-state index contributed by atoms with van der Waals surface area (Å²) in [5, 5.41) is 3.44. The molecule has 0 bridgehead atoms. The molecule has 0 aliphatic heterocycles. The van der Waals surface area contributed by atoms with Gasteiger partial charge in [-0.2, -0.15) is 0 Å². The van der Waals surface area contributed by atoms with E-state index in [4.69, 9.17) is 4.74 Å². The SMILES string of the molecule is CO/N=C(/Oc1cc(C(C)=O)ccc1C)C(=O)OC. The number of benzene rings is 1. The van der Waals surface area contributed by atoms with E-state index in [9.17, 15) is 9.59 Å². The Balaban J connectivity index is 3.09. The van der Waals surface area contributed by atoms with Gasteiger partial charge in [0.15, 0.2) is 5.78 Å². The number of ether oxygens (including phenoxy) is 2. The maximum Gasteiger partial charge on any atom is 0.397 e. The van der Waals surface area contributed by atoms with Gasteiger partial charge in [0.05, 0.1) is 7.11 Å². The van der Waals surface area contributed by atoms with Gasteiger partial charge in [-0.15, -0.1) is 0 Å². The minimum absolute atomic E-state index is 0.104. The van der Waals surface area contributed by atoms with E-state index >= 15 is 0 Å². The second kappa shape index (κ2) is 6.53. The summed E-state index contributed by atoms with van der Waals surface area (Å²) in [6, 6.07) is 4.93. The van der Waals surface area contributed by atoms with Gasteiger partial charge >= 0.3 is 11.9 Å². The van der Waals surface area contributed by atoms with Crippen molar-refractivity contribution < 1.29 is 23.9 Å². The van der Waals surface area contributed by atoms with Crippen LogP contribution in [0, 0.1) is 6.92 Å². The molecule has 0 fully saturated rings. The maximum atomic E-state index is 11.4. The molecule has 0 aliphatic rings. The third kappa shape index (κ3) is 3.80. The van der Waals surface area contributed by atoms with Gasteiger partial charge in [-0.1, -0.05) is 12.1 Å². The molecule has 0 saturated heterocycles. The quantitative estimate of drug-likeness (QED) is 0.273. The van der Waals surface area contributed by atoms with Crippen LogP contribution < -0.4 is 4.74 Å². The fourth-order valence-electron chi connectivity index (χ4n) is 1.30. The highest BCUT2D eigenvalue weighted by atomic mass is 16.6. The number of Topliss-reactive ketones (excluding diaryl/α,β-unsaturated/α-hetero) is 1. The second-order valence-corrected chi connectivity index (χ2v) is 3.71. The molecule has 6 nitrogen and oxygen atoms in total. The van der Waals surface area contributed by atoms with Crippen LogP contribution in [0.2, 0.25) is 0 Å². The second-order valence-electron chi connectivity index (χ2n) is 3.71. The van der Waals surface area contributed by atoms with E-state index in [0.717, 1.165) is 5.56 Å². The molecule has 0 atom stereocenters. The Morgan fingerprint density at radius 3 is 2.42 bits per heavy atom. The fraction of sp³-hybridized carbons (Fsp3) is 0.308. The molecule has 0 spiro atoms. The predicted molar refractivity (Wildman–Crippen MR) is 68.3 cm³/mol. The van der Waals surface area contributed by atoms with Crippen molar-refractivity contribution in [2.24, 2.45) is 5.16 Å². The lowest BCUT2D eigenvalue weighted by atomic mass is 10.1. The standard InChI is InChI=1S/C13H15NO5/c1-8-5-6-10(9(2)15)7-11(8)19-12(14-18-4)13(16)17-3/h5-7H,1-4H3/b14-12+. The van der Waals surface area contributed by atoms with E-state index in [2.05, 4.69) is 14.7 Å². The highest BCUT2D eigenvalue weighted by molar-refractivity contribution is 6.33. The van der Waals surface area contributed by atoms with Crippen molar-refractivity contribution in [3.05, 3.63) is 29.3 Å². The van der Waals surface area contributed by atoms with E-state index in [-0.39, 0.29) is 11.7 Å². The van der Waals surface area contributed by atoms with Crippen LogP contribution in [-0.4, -0.2) is 31.9 Å². The van der Waals surface area contributed by atoms with Crippen LogP contribution in [0.4, 0.5) is 0 Å². The van der Waals surface area contributed by atoms with Gasteiger partial charge in [0.25, 0.3) is 0 Å². The monoisotopic (exact) mass is 265 g/mol. The summed E-state index contributed by atoms with van der Waals surface area (Å²) < 4.78 is 9.84. The number of carbonyl (C=O) groups excluding carboxylic acids is 2. The van der Waals surface area contributed by atoms with Crippen molar-refractivity contribution in [3.8, 4) is 5.75 Å². The van der Waals surface area contributed by atoms with Gasteiger partial charge in [-0.05, 0) is 30.6 Å². The van der Waals surface area contributed by atoms with Gasteiger partial charge in [0, 0.05) is 5.56 Å². The summed E-state index contributed by atoms with van der Waals surface area (Å²) in [5.74, 6) is -0.870. The number of oxime groups is 1. The molecule has 102 valence electrons. The van der Waals surface area contributed by atoms with Crippen LogP contribution in [0.15, 0.2) is 23.4 Å². The number of ketones is 1. The van der Waals surface area contributed by atoms with Gasteiger partial charge in [0.1, 0.15) is 12.9 Å². The molecule has 0 aromatic heterocycles. The molecule has 1 aromatic rings. The largest absolute Gasteiger partial charge is 0.462 e. The summed E-state index contributed by atoms with van der Waals surface area (Å²) in [4.78, 5) is 27.2. The van der Waals surface area contributed by atoms with Gasteiger partial charge in [-0.3, -0.25) is 4.79 Å². The van der Waals surface area contributed by atoms with E-state index in [1.165, 1.54) is 27.2 Å². The van der Waals surface area contributed by atoms with Crippen LogP contribution in [0.3, 0.4) is 0 Å². The van der Waals surface area contributed by atoms with Crippen molar-refractivity contribution in [1.82, 2.24) is 0 Å². The highest BCUT2D eigenvalue weighted by Crippen LogP contribution is 2.20. The topological polar surface area (TPSA) is 74.2 Å². The Kier molecular flexibility index (Phi) is 5.05. The minimum Gasteiger partial charge on any atom is -0.462 e. The van der Waals surface area contributed by atoms with Gasteiger partial charge < -0.3 is 14.3 Å². The fourth-order valence-corrected chi connectivity index (χ4v) is 1.30. The number of carbonyl (C=O) groups is 2. The summed E-state index contributed by atoms with van der Waals surface area (Å²) in [5.41, 5.74) is 1.22. The first-order valence-corrected chi connectivity index (χ1v) is 5.48. The number of aryl methyl sites for hydroxylation is 1. The van der Waals surface area contributed by atoms with E-state index in [0.29, 0.717) is 11.3 Å². The van der Waals surface area contributed by atoms with Gasteiger partial charge in [-0.25, -0.2) is 4.79 Å². The molecule has 0 amide bonds. The van der Waals surface area contributed by atoms with Crippen molar-refractivity contribution in [2.75, 3.05) is 14.2 Å². The molecule has 19 heavy (non-hydrogen) atoms. The first-order chi connectivity index (χ1) is 8.99. The number of esters is 1. The Hall–Kier alpha value is -2.37. The Bertz CT molecular complexity index is 522. The van der Waals surface area contributed by atoms with Crippen LogP contribution in [0.1, 0.15) is 22.8 Å². The molecule has 1 aromatic carbocycles. The third-order valence-electron chi connectivity index (χ3n) is 2.34. The molecule has 0 unspecified atom stereocenters. The third-order valence-corrected chi connectivity index (χ3v) is 2.34. The number of hydrogen-bond acceptors (Lipinski definition) is 6. The molecular weight excluding hydrogens is 250 g/mol. The van der Waals surface area contributed by atoms with Gasteiger partial charge in [0.2, 0.25) is 0 Å². The van der Waals surface area contributed by atoms with Crippen LogP contribution >= 0.6 is 0 Å². The summed E-state index contributed by atoms with van der Waals surface area (Å²) in [6.45, 7) is 3.22. The number of hydrogen-bond donors (Lipinski definition) is 0. The predicted octanol–water partition coefficient (Wildman–Crippen LogP) is 1.71. The lowest BCUT2D eigenvalue weighted by Gasteiger charge is -2.09. The number of methoxy groups -OCH3 is 1. The molecule has 0 saturated carbocycles. The average molecular weight is 265 g/mol. The summed E-state index contributed by atoms with van der Waals surface area (Å²) in [6.07, 6.45) is 0. The van der Waals surface area contributed by atoms with Crippen LogP contribution in [-0.2, 0) is 14.4 Å². The Morgan fingerprint density at radius 2 is 1.89 bits per heavy atom.